The number of nitrogens with zero attached hydrogens (tertiary/aromatic N) is 1. The second-order valence-electron chi connectivity index (χ2n) is 9.31. The highest BCUT2D eigenvalue weighted by atomic mass is 16.5. The third-order valence-electron chi connectivity index (χ3n) is 8.38. The molecule has 4 aliphatic carbocycles. The average molecular weight is 341 g/mol. The number of rotatable bonds is 1. The predicted molar refractivity (Wildman–Crippen MR) is 97.6 cm³/mol. The molecule has 0 aliphatic heterocycles. The second-order valence-corrected chi connectivity index (χ2v) is 9.31. The topological polar surface area (TPSA) is 53.2 Å². The molecule has 0 aromatic rings. The van der Waals surface area contributed by atoms with Gasteiger partial charge >= 0.3 is 0 Å². The van der Waals surface area contributed by atoms with E-state index in [4.69, 9.17) is 4.74 Å². The van der Waals surface area contributed by atoms with Gasteiger partial charge in [0.25, 0.3) is 0 Å². The van der Waals surface area contributed by atoms with Crippen molar-refractivity contribution < 1.29 is 9.84 Å². The van der Waals surface area contributed by atoms with Crippen LogP contribution in [0.4, 0.5) is 0 Å². The summed E-state index contributed by atoms with van der Waals surface area (Å²) in [5.74, 6) is 1.84. The van der Waals surface area contributed by atoms with Crippen molar-refractivity contribution in [2.45, 2.75) is 71.0 Å². The number of aliphatic hydroxyl groups is 1. The molecule has 0 aromatic heterocycles. The lowest BCUT2D eigenvalue weighted by Gasteiger charge is -2.59. The Hall–Kier alpha value is -1.11. The van der Waals surface area contributed by atoms with Gasteiger partial charge in [0.1, 0.15) is 0 Å². The molecule has 0 bridgehead atoms. The van der Waals surface area contributed by atoms with Crippen LogP contribution < -0.4 is 0 Å². The summed E-state index contributed by atoms with van der Waals surface area (Å²) in [7, 11) is 1.87. The number of hydrogen-bond donors (Lipinski definition) is 1. The van der Waals surface area contributed by atoms with E-state index < -0.39 is 0 Å². The van der Waals surface area contributed by atoms with E-state index in [9.17, 15) is 10.4 Å². The van der Waals surface area contributed by atoms with Gasteiger partial charge in [0.15, 0.2) is 0 Å². The van der Waals surface area contributed by atoms with Gasteiger partial charge in [-0.25, -0.2) is 0 Å². The van der Waals surface area contributed by atoms with Gasteiger partial charge in [0, 0.05) is 13.2 Å². The normalized spacial score (nSPS) is 50.4. The number of fused-ring (bicyclic) bond motifs is 5. The molecule has 3 nitrogen and oxygen atoms in total. The van der Waals surface area contributed by atoms with E-state index in [1.54, 1.807) is 0 Å². The lowest BCUT2D eigenvalue weighted by molar-refractivity contribution is -0.122. The number of aliphatic hydroxyl groups excluding tert-OH is 1. The third-order valence-corrected chi connectivity index (χ3v) is 8.38. The molecule has 3 fully saturated rings. The lowest BCUT2D eigenvalue weighted by Crippen LogP contribution is -2.56. The minimum Gasteiger partial charge on any atom is -0.393 e. The first-order valence-electron chi connectivity index (χ1n) is 9.93. The summed E-state index contributed by atoms with van der Waals surface area (Å²) in [5, 5.41) is 19.4. The van der Waals surface area contributed by atoms with Crippen LogP contribution in [0.25, 0.3) is 0 Å². The van der Waals surface area contributed by atoms with Crippen LogP contribution >= 0.6 is 0 Å². The molecule has 0 aromatic carbocycles. The van der Waals surface area contributed by atoms with Crippen LogP contribution in [0.2, 0.25) is 0 Å². The van der Waals surface area contributed by atoms with E-state index in [-0.39, 0.29) is 23.0 Å². The van der Waals surface area contributed by atoms with Gasteiger partial charge in [0.05, 0.1) is 18.3 Å². The molecule has 0 amide bonds. The zero-order valence-corrected chi connectivity index (χ0v) is 15.8. The van der Waals surface area contributed by atoms with Gasteiger partial charge < -0.3 is 9.84 Å². The van der Waals surface area contributed by atoms with Gasteiger partial charge in [-0.15, -0.1) is 0 Å². The maximum Gasteiger partial charge on any atom is 0.0911 e. The Labute approximate surface area is 151 Å². The van der Waals surface area contributed by atoms with Crippen molar-refractivity contribution in [3.05, 3.63) is 23.3 Å². The van der Waals surface area contributed by atoms with E-state index in [0.717, 1.165) is 38.5 Å². The Morgan fingerprint density at radius 2 is 2.12 bits per heavy atom. The SMILES string of the molecule is CO[C@H]1CC2(C)/C(=C\C#N)CC[C@H]2[C@@H]2CC=C3C[C@@H](O)CCC3(C)[C@H]21. The average Bonchev–Trinajstić information content (AvgIpc) is 2.91. The standard InChI is InChI=1S/C22H31NO2/c1-21-10-8-16(24)12-15(21)4-6-17-18-7-5-14(9-11-23)22(18,2)13-19(25-3)20(17)21/h4,9,16-20,24H,5-8,10,12-13H2,1-3H3/b14-9-/t16-,17-,18-,19-,20+,21?,22?/m0/s1. The number of allylic oxidation sites excluding steroid dienone is 3. The fraction of sp³-hybridized carbons (Fsp3) is 0.773. The van der Waals surface area contributed by atoms with E-state index >= 15 is 0 Å². The number of nitriles is 1. The monoisotopic (exact) mass is 341 g/mol. The molecule has 1 N–H and O–H groups in total. The molecule has 0 saturated heterocycles. The predicted octanol–water partition coefficient (Wildman–Crippen LogP) is 4.38. The van der Waals surface area contributed by atoms with Crippen LogP contribution in [0.3, 0.4) is 0 Å². The zero-order valence-electron chi connectivity index (χ0n) is 15.8. The van der Waals surface area contributed by atoms with Crippen LogP contribution in [0, 0.1) is 39.9 Å². The Morgan fingerprint density at radius 1 is 1.32 bits per heavy atom. The van der Waals surface area contributed by atoms with Crippen LogP contribution in [-0.2, 0) is 4.74 Å². The zero-order chi connectivity index (χ0) is 17.8. The fourth-order valence-corrected chi connectivity index (χ4v) is 7.12. The van der Waals surface area contributed by atoms with E-state index in [2.05, 4.69) is 26.0 Å². The summed E-state index contributed by atoms with van der Waals surface area (Å²) in [6, 6.07) is 2.29. The molecular formula is C22H31NO2. The Morgan fingerprint density at radius 3 is 2.84 bits per heavy atom. The number of hydrogen-bond acceptors (Lipinski definition) is 3. The minimum atomic E-state index is -0.164. The summed E-state index contributed by atoms with van der Waals surface area (Å²) >= 11 is 0. The first-order chi connectivity index (χ1) is 11.9. The highest BCUT2D eigenvalue weighted by molar-refractivity contribution is 5.32. The first kappa shape index (κ1) is 17.3. The van der Waals surface area contributed by atoms with Gasteiger partial charge in [0.2, 0.25) is 0 Å². The molecule has 0 spiro atoms. The van der Waals surface area contributed by atoms with E-state index in [1.807, 2.05) is 13.2 Å². The summed E-state index contributed by atoms with van der Waals surface area (Å²) in [6.07, 6.45) is 11.6. The molecule has 136 valence electrons. The van der Waals surface area contributed by atoms with Crippen molar-refractivity contribution >= 4 is 0 Å². The second kappa shape index (κ2) is 5.96. The molecule has 3 heteroatoms. The van der Waals surface area contributed by atoms with Crippen molar-refractivity contribution in [1.82, 2.24) is 0 Å². The molecule has 2 unspecified atom stereocenters. The van der Waals surface area contributed by atoms with Crippen molar-refractivity contribution in [2.24, 2.45) is 28.6 Å². The molecule has 4 aliphatic rings. The van der Waals surface area contributed by atoms with E-state index in [1.165, 1.54) is 17.6 Å². The fourth-order valence-electron chi connectivity index (χ4n) is 7.12. The maximum atomic E-state index is 10.2. The quantitative estimate of drug-likeness (QED) is 0.568. The van der Waals surface area contributed by atoms with Gasteiger partial charge in [-0.05, 0) is 73.5 Å². The van der Waals surface area contributed by atoms with Crippen molar-refractivity contribution in [3.63, 3.8) is 0 Å². The summed E-state index contributed by atoms with van der Waals surface area (Å²) in [6.45, 7) is 4.81. The summed E-state index contributed by atoms with van der Waals surface area (Å²) < 4.78 is 6.10. The van der Waals surface area contributed by atoms with Crippen LogP contribution in [0.5, 0.6) is 0 Å². The minimum absolute atomic E-state index is 0.119. The van der Waals surface area contributed by atoms with E-state index in [0.29, 0.717) is 17.8 Å². The first-order valence-corrected chi connectivity index (χ1v) is 9.93. The van der Waals surface area contributed by atoms with Crippen LogP contribution in [0.15, 0.2) is 23.3 Å². The third kappa shape index (κ3) is 2.37. The van der Waals surface area contributed by atoms with Crippen molar-refractivity contribution in [3.8, 4) is 6.07 Å². The highest BCUT2D eigenvalue weighted by Gasteiger charge is 2.60. The molecule has 4 rings (SSSR count). The largest absolute Gasteiger partial charge is 0.393 e. The highest BCUT2D eigenvalue weighted by Crippen LogP contribution is 2.66. The van der Waals surface area contributed by atoms with Crippen LogP contribution in [-0.4, -0.2) is 24.4 Å². The van der Waals surface area contributed by atoms with Crippen molar-refractivity contribution in [2.75, 3.05) is 7.11 Å². The Balaban J connectivity index is 1.75. The molecular weight excluding hydrogens is 310 g/mol. The summed E-state index contributed by atoms with van der Waals surface area (Å²) in [4.78, 5) is 0. The molecule has 7 atom stereocenters. The Bertz CT molecular complexity index is 659. The lowest BCUT2D eigenvalue weighted by atomic mass is 9.47. The molecule has 25 heavy (non-hydrogen) atoms. The molecule has 3 saturated carbocycles. The maximum absolute atomic E-state index is 10.2. The van der Waals surface area contributed by atoms with Crippen LogP contribution in [0.1, 0.15) is 58.8 Å². The smallest absolute Gasteiger partial charge is 0.0911 e. The van der Waals surface area contributed by atoms with Gasteiger partial charge in [-0.3, -0.25) is 0 Å². The number of methoxy groups -OCH3 is 1. The number of ether oxygens (including phenoxy) is 1. The van der Waals surface area contributed by atoms with Crippen molar-refractivity contribution in [1.29, 1.82) is 5.26 Å². The molecule has 0 radical (unpaired) electrons. The van der Waals surface area contributed by atoms with Gasteiger partial charge in [-0.2, -0.15) is 5.26 Å². The summed E-state index contributed by atoms with van der Waals surface area (Å²) in [5.41, 5.74) is 3.11. The van der Waals surface area contributed by atoms with Gasteiger partial charge in [-0.1, -0.05) is 31.1 Å². The Kier molecular flexibility index (Phi) is 4.13. The molecule has 0 heterocycles.